The van der Waals surface area contributed by atoms with Gasteiger partial charge in [0.25, 0.3) is 5.56 Å². The highest BCUT2D eigenvalue weighted by Gasteiger charge is 2.05. The number of rotatable bonds is 6. The lowest BCUT2D eigenvalue weighted by Crippen LogP contribution is -2.24. The first-order chi connectivity index (χ1) is 10.1. The van der Waals surface area contributed by atoms with Crippen LogP contribution < -0.4 is 21.3 Å². The van der Waals surface area contributed by atoms with E-state index in [0.717, 1.165) is 15.8 Å². The molecule has 7 heteroatoms. The van der Waals surface area contributed by atoms with Crippen molar-refractivity contribution in [2.75, 3.05) is 25.5 Å². The first-order valence-electron chi connectivity index (χ1n) is 6.47. The van der Waals surface area contributed by atoms with Crippen molar-refractivity contribution >= 4 is 21.6 Å². The van der Waals surface area contributed by atoms with E-state index in [4.69, 9.17) is 10.5 Å². The van der Waals surface area contributed by atoms with Gasteiger partial charge in [0.1, 0.15) is 5.75 Å². The fourth-order valence-corrected chi connectivity index (χ4v) is 2.43. The number of nitrogens with two attached hydrogens (primary N) is 1. The highest BCUT2D eigenvalue weighted by molar-refractivity contribution is 9.10. The van der Waals surface area contributed by atoms with E-state index in [9.17, 15) is 4.79 Å². The molecule has 0 spiro atoms. The van der Waals surface area contributed by atoms with Crippen LogP contribution in [-0.4, -0.2) is 30.0 Å². The SMILES string of the molecule is COc1ccc(Cn2ncc(NCCN)cc2=O)cc1Br. The molecule has 112 valence electrons. The maximum absolute atomic E-state index is 12.0. The lowest BCUT2D eigenvalue weighted by Gasteiger charge is -2.09. The minimum Gasteiger partial charge on any atom is -0.496 e. The Kier molecular flexibility index (Phi) is 5.35. The average Bonchev–Trinajstić information content (AvgIpc) is 2.48. The summed E-state index contributed by atoms with van der Waals surface area (Å²) in [5.74, 6) is 0.750. The van der Waals surface area contributed by atoms with E-state index in [1.165, 1.54) is 10.7 Å². The van der Waals surface area contributed by atoms with Crippen LogP contribution in [0.2, 0.25) is 0 Å². The Balaban J connectivity index is 2.16. The number of nitrogens with one attached hydrogen (secondary N) is 1. The molecule has 1 aromatic carbocycles. The Labute approximate surface area is 131 Å². The normalized spacial score (nSPS) is 10.4. The van der Waals surface area contributed by atoms with E-state index in [2.05, 4.69) is 26.3 Å². The van der Waals surface area contributed by atoms with Crippen molar-refractivity contribution in [3.05, 3.63) is 50.9 Å². The average molecular weight is 353 g/mol. The Morgan fingerprint density at radius 1 is 1.43 bits per heavy atom. The second kappa shape index (κ2) is 7.24. The maximum Gasteiger partial charge on any atom is 0.269 e. The zero-order valence-corrected chi connectivity index (χ0v) is 13.3. The third-order valence-electron chi connectivity index (χ3n) is 2.89. The zero-order chi connectivity index (χ0) is 15.2. The predicted octanol–water partition coefficient (Wildman–Crippen LogP) is 1.43. The molecule has 0 bridgehead atoms. The molecule has 0 aliphatic heterocycles. The van der Waals surface area contributed by atoms with Crippen molar-refractivity contribution < 1.29 is 4.74 Å². The van der Waals surface area contributed by atoms with Crippen molar-refractivity contribution in [3.8, 4) is 5.75 Å². The van der Waals surface area contributed by atoms with Crippen LogP contribution in [0.4, 0.5) is 5.69 Å². The summed E-state index contributed by atoms with van der Waals surface area (Å²) in [6, 6.07) is 7.18. The van der Waals surface area contributed by atoms with Crippen LogP contribution in [0.15, 0.2) is 39.7 Å². The van der Waals surface area contributed by atoms with E-state index in [0.29, 0.717) is 25.3 Å². The number of ether oxygens (including phenoxy) is 1. The standard InChI is InChI=1S/C14H17BrN4O2/c1-21-13-3-2-10(6-12(13)15)9-19-14(20)7-11(8-18-19)17-5-4-16/h2-3,6-8,17H,4-5,9,16H2,1H3. The number of aromatic nitrogens is 2. The summed E-state index contributed by atoms with van der Waals surface area (Å²) < 4.78 is 7.43. The molecular weight excluding hydrogens is 336 g/mol. The van der Waals surface area contributed by atoms with Gasteiger partial charge in [-0.2, -0.15) is 5.10 Å². The highest BCUT2D eigenvalue weighted by atomic mass is 79.9. The molecule has 0 aliphatic carbocycles. The van der Waals surface area contributed by atoms with Crippen LogP contribution in [0.5, 0.6) is 5.75 Å². The van der Waals surface area contributed by atoms with Gasteiger partial charge >= 0.3 is 0 Å². The quantitative estimate of drug-likeness (QED) is 0.821. The Bertz CT molecular complexity index is 672. The first-order valence-corrected chi connectivity index (χ1v) is 7.27. The largest absolute Gasteiger partial charge is 0.496 e. The van der Waals surface area contributed by atoms with Gasteiger partial charge in [-0.25, -0.2) is 4.68 Å². The minimum atomic E-state index is -0.163. The number of halogens is 1. The van der Waals surface area contributed by atoms with Crippen LogP contribution in [0.25, 0.3) is 0 Å². The first kappa shape index (κ1) is 15.5. The van der Waals surface area contributed by atoms with Gasteiger partial charge in [0, 0.05) is 19.2 Å². The molecule has 3 N–H and O–H groups in total. The van der Waals surface area contributed by atoms with Gasteiger partial charge in [0.2, 0.25) is 0 Å². The summed E-state index contributed by atoms with van der Waals surface area (Å²) in [6.45, 7) is 1.51. The monoisotopic (exact) mass is 352 g/mol. The molecule has 0 radical (unpaired) electrons. The predicted molar refractivity (Wildman–Crippen MR) is 85.8 cm³/mol. The third-order valence-corrected chi connectivity index (χ3v) is 3.51. The van der Waals surface area contributed by atoms with E-state index in [1.54, 1.807) is 13.3 Å². The van der Waals surface area contributed by atoms with Crippen LogP contribution >= 0.6 is 15.9 Å². The number of methoxy groups -OCH3 is 1. The molecule has 21 heavy (non-hydrogen) atoms. The molecule has 2 aromatic rings. The zero-order valence-electron chi connectivity index (χ0n) is 11.7. The molecular formula is C14H17BrN4O2. The fraction of sp³-hybridized carbons (Fsp3) is 0.286. The minimum absolute atomic E-state index is 0.163. The van der Waals surface area contributed by atoms with Crippen molar-refractivity contribution in [1.82, 2.24) is 9.78 Å². The maximum atomic E-state index is 12.0. The second-order valence-electron chi connectivity index (χ2n) is 4.42. The van der Waals surface area contributed by atoms with Gasteiger partial charge in [-0.3, -0.25) is 4.79 Å². The number of benzene rings is 1. The number of nitrogens with zero attached hydrogens (tertiary/aromatic N) is 2. The summed E-state index contributed by atoms with van der Waals surface area (Å²) >= 11 is 3.42. The summed E-state index contributed by atoms with van der Waals surface area (Å²) in [5.41, 5.74) is 6.88. The van der Waals surface area contributed by atoms with Crippen molar-refractivity contribution in [2.24, 2.45) is 5.73 Å². The summed E-state index contributed by atoms with van der Waals surface area (Å²) in [4.78, 5) is 12.0. The molecule has 6 nitrogen and oxygen atoms in total. The molecule has 0 atom stereocenters. The smallest absolute Gasteiger partial charge is 0.269 e. The van der Waals surface area contributed by atoms with Crippen LogP contribution in [0.1, 0.15) is 5.56 Å². The van der Waals surface area contributed by atoms with Gasteiger partial charge in [0.05, 0.1) is 30.0 Å². The van der Waals surface area contributed by atoms with Gasteiger partial charge in [-0.15, -0.1) is 0 Å². The Morgan fingerprint density at radius 2 is 2.24 bits per heavy atom. The highest BCUT2D eigenvalue weighted by Crippen LogP contribution is 2.25. The summed E-state index contributed by atoms with van der Waals surface area (Å²) in [7, 11) is 1.61. The van der Waals surface area contributed by atoms with Gasteiger partial charge in [-0.1, -0.05) is 6.07 Å². The van der Waals surface area contributed by atoms with E-state index in [-0.39, 0.29) is 5.56 Å². The van der Waals surface area contributed by atoms with Crippen LogP contribution in [-0.2, 0) is 6.54 Å². The molecule has 2 rings (SSSR count). The molecule has 1 heterocycles. The third kappa shape index (κ3) is 4.05. The van der Waals surface area contributed by atoms with Gasteiger partial charge < -0.3 is 15.8 Å². The van der Waals surface area contributed by atoms with E-state index >= 15 is 0 Å². The molecule has 0 amide bonds. The second-order valence-corrected chi connectivity index (χ2v) is 5.28. The summed E-state index contributed by atoms with van der Waals surface area (Å²) in [6.07, 6.45) is 1.62. The van der Waals surface area contributed by atoms with Gasteiger partial charge in [-0.05, 0) is 33.6 Å². The fourth-order valence-electron chi connectivity index (χ4n) is 1.85. The Morgan fingerprint density at radius 3 is 2.86 bits per heavy atom. The van der Waals surface area contributed by atoms with Crippen molar-refractivity contribution in [1.29, 1.82) is 0 Å². The van der Waals surface area contributed by atoms with E-state index in [1.807, 2.05) is 18.2 Å². The number of hydrogen-bond acceptors (Lipinski definition) is 5. The molecule has 0 aliphatic rings. The molecule has 0 saturated carbocycles. The lowest BCUT2D eigenvalue weighted by molar-refractivity contribution is 0.412. The number of hydrogen-bond donors (Lipinski definition) is 2. The van der Waals surface area contributed by atoms with Crippen molar-refractivity contribution in [2.45, 2.75) is 6.54 Å². The van der Waals surface area contributed by atoms with E-state index < -0.39 is 0 Å². The molecule has 1 aromatic heterocycles. The lowest BCUT2D eigenvalue weighted by atomic mass is 10.2. The van der Waals surface area contributed by atoms with Gasteiger partial charge in [0.15, 0.2) is 0 Å². The molecule has 0 saturated heterocycles. The Hall–Kier alpha value is -1.86. The summed E-state index contributed by atoms with van der Waals surface area (Å²) in [5, 5.41) is 7.18. The van der Waals surface area contributed by atoms with Crippen LogP contribution in [0.3, 0.4) is 0 Å². The molecule has 0 unspecified atom stereocenters. The van der Waals surface area contributed by atoms with Crippen LogP contribution in [0, 0.1) is 0 Å². The number of anilines is 1. The topological polar surface area (TPSA) is 82.2 Å². The molecule has 0 fully saturated rings. The van der Waals surface area contributed by atoms with Crippen molar-refractivity contribution in [3.63, 3.8) is 0 Å².